The maximum Gasteiger partial charge on any atom is 0.243 e. The van der Waals surface area contributed by atoms with Gasteiger partial charge in [-0.25, -0.2) is 13.4 Å². The van der Waals surface area contributed by atoms with Gasteiger partial charge in [0.25, 0.3) is 0 Å². The summed E-state index contributed by atoms with van der Waals surface area (Å²) in [5.41, 5.74) is 1.75. The van der Waals surface area contributed by atoms with Crippen LogP contribution >= 0.6 is 11.3 Å². The normalized spacial score (nSPS) is 23.3. The first-order valence-electron chi connectivity index (χ1n) is 9.21. The van der Waals surface area contributed by atoms with Gasteiger partial charge >= 0.3 is 0 Å². The highest BCUT2D eigenvalue weighted by Gasteiger charge is 2.39. The molecule has 1 aromatic carbocycles. The molecule has 2 unspecified atom stereocenters. The van der Waals surface area contributed by atoms with E-state index >= 15 is 0 Å². The van der Waals surface area contributed by atoms with Crippen molar-refractivity contribution in [2.24, 2.45) is 0 Å². The van der Waals surface area contributed by atoms with Crippen molar-refractivity contribution >= 4 is 27.3 Å². The number of sulfonamides is 1. The zero-order valence-electron chi connectivity index (χ0n) is 16.3. The van der Waals surface area contributed by atoms with Gasteiger partial charge in [0.15, 0.2) is 0 Å². The fourth-order valence-corrected chi connectivity index (χ4v) is 6.29. The van der Waals surface area contributed by atoms with Crippen LogP contribution in [0.1, 0.15) is 31.7 Å². The number of thiazole rings is 1. The highest BCUT2D eigenvalue weighted by molar-refractivity contribution is 7.89. The van der Waals surface area contributed by atoms with Crippen LogP contribution in [0.4, 0.5) is 0 Å². The van der Waals surface area contributed by atoms with Gasteiger partial charge in [-0.3, -0.25) is 4.79 Å². The number of amides is 1. The maximum atomic E-state index is 13.3. The average Bonchev–Trinajstić information content (AvgIpc) is 3.07. The van der Waals surface area contributed by atoms with E-state index in [9.17, 15) is 13.2 Å². The first-order chi connectivity index (χ1) is 13.2. The Balaban J connectivity index is 1.80. The summed E-state index contributed by atoms with van der Waals surface area (Å²) in [6.07, 6.45) is 2.38. The molecule has 1 aliphatic heterocycles. The van der Waals surface area contributed by atoms with Gasteiger partial charge in [-0.1, -0.05) is 18.7 Å². The lowest BCUT2D eigenvalue weighted by Gasteiger charge is -2.41. The minimum Gasteiger partial charge on any atom is -0.350 e. The van der Waals surface area contributed by atoms with Crippen LogP contribution in [0.2, 0.25) is 0 Å². The van der Waals surface area contributed by atoms with Gasteiger partial charge in [0.05, 0.1) is 15.6 Å². The zero-order valence-corrected chi connectivity index (χ0v) is 17.9. The quantitative estimate of drug-likeness (QED) is 0.754. The van der Waals surface area contributed by atoms with E-state index in [1.165, 1.54) is 6.08 Å². The summed E-state index contributed by atoms with van der Waals surface area (Å²) in [4.78, 5) is 16.3. The zero-order chi connectivity index (χ0) is 20.5. The largest absolute Gasteiger partial charge is 0.350 e. The van der Waals surface area contributed by atoms with Crippen LogP contribution < -0.4 is 5.32 Å². The number of rotatable bonds is 5. The molecule has 0 spiro atoms. The molecule has 150 valence electrons. The third kappa shape index (κ3) is 4.19. The molecule has 1 fully saturated rings. The molecule has 1 saturated heterocycles. The Morgan fingerprint density at radius 3 is 2.36 bits per heavy atom. The fourth-order valence-electron chi connectivity index (χ4n) is 3.83. The van der Waals surface area contributed by atoms with Crippen LogP contribution in [-0.4, -0.2) is 41.7 Å². The first-order valence-corrected chi connectivity index (χ1v) is 11.5. The monoisotopic (exact) mass is 419 g/mol. The van der Waals surface area contributed by atoms with Crippen molar-refractivity contribution in [3.05, 3.63) is 47.3 Å². The van der Waals surface area contributed by atoms with Crippen LogP contribution in [-0.2, 0) is 14.8 Å². The molecule has 2 aromatic rings. The predicted molar refractivity (Wildman–Crippen MR) is 112 cm³/mol. The van der Waals surface area contributed by atoms with Crippen molar-refractivity contribution in [3.8, 4) is 11.3 Å². The number of aromatic nitrogens is 1. The van der Waals surface area contributed by atoms with Gasteiger partial charge in [-0.15, -0.1) is 11.3 Å². The number of carbonyl (C=O) groups is 1. The number of benzene rings is 1. The summed E-state index contributed by atoms with van der Waals surface area (Å²) in [6, 6.07) is 6.39. The summed E-state index contributed by atoms with van der Waals surface area (Å²) >= 11 is 1.56. The van der Waals surface area contributed by atoms with E-state index in [-0.39, 0.29) is 28.9 Å². The second-order valence-corrected chi connectivity index (χ2v) is 10.1. The van der Waals surface area contributed by atoms with Crippen molar-refractivity contribution in [2.75, 3.05) is 0 Å². The molecule has 28 heavy (non-hydrogen) atoms. The molecule has 1 amide bonds. The summed E-state index contributed by atoms with van der Waals surface area (Å²) in [6.45, 7) is 9.17. The second-order valence-electron chi connectivity index (χ2n) is 7.19. The molecule has 1 aliphatic rings. The van der Waals surface area contributed by atoms with E-state index in [1.54, 1.807) is 39.9 Å². The van der Waals surface area contributed by atoms with E-state index < -0.39 is 10.0 Å². The number of hydrogen-bond donors (Lipinski definition) is 1. The lowest BCUT2D eigenvalue weighted by atomic mass is 9.95. The molecule has 0 radical (unpaired) electrons. The Morgan fingerprint density at radius 2 is 1.86 bits per heavy atom. The Hall–Kier alpha value is -2.03. The van der Waals surface area contributed by atoms with E-state index in [0.29, 0.717) is 12.8 Å². The molecule has 2 atom stereocenters. The Morgan fingerprint density at radius 1 is 1.25 bits per heavy atom. The van der Waals surface area contributed by atoms with Crippen molar-refractivity contribution < 1.29 is 13.2 Å². The minimum atomic E-state index is -3.63. The van der Waals surface area contributed by atoms with Gasteiger partial charge in [-0.2, -0.15) is 4.31 Å². The van der Waals surface area contributed by atoms with Crippen LogP contribution in [0.15, 0.2) is 47.2 Å². The van der Waals surface area contributed by atoms with Gasteiger partial charge in [-0.05, 0) is 51.8 Å². The van der Waals surface area contributed by atoms with E-state index in [4.69, 9.17) is 0 Å². The number of hydrogen-bond acceptors (Lipinski definition) is 5. The van der Waals surface area contributed by atoms with Crippen LogP contribution in [0.3, 0.4) is 0 Å². The number of nitrogens with one attached hydrogen (secondary N) is 1. The van der Waals surface area contributed by atoms with E-state index in [2.05, 4.69) is 16.9 Å². The van der Waals surface area contributed by atoms with E-state index in [0.717, 1.165) is 16.3 Å². The number of piperidine rings is 1. The minimum absolute atomic E-state index is 0.0581. The summed E-state index contributed by atoms with van der Waals surface area (Å²) in [5, 5.41) is 5.82. The molecule has 2 heterocycles. The highest BCUT2D eigenvalue weighted by Crippen LogP contribution is 2.31. The molecule has 0 aliphatic carbocycles. The van der Waals surface area contributed by atoms with Crippen molar-refractivity contribution in [1.82, 2.24) is 14.6 Å². The summed E-state index contributed by atoms with van der Waals surface area (Å²) in [7, 11) is -3.63. The molecule has 0 bridgehead atoms. The lowest BCUT2D eigenvalue weighted by Crippen LogP contribution is -2.54. The Labute approximate surface area is 170 Å². The third-order valence-corrected chi connectivity index (χ3v) is 7.91. The predicted octanol–water partition coefficient (Wildman–Crippen LogP) is 3.35. The summed E-state index contributed by atoms with van der Waals surface area (Å²) < 4.78 is 28.1. The number of aryl methyl sites for hydroxylation is 1. The maximum absolute atomic E-state index is 13.3. The Kier molecular flexibility index (Phi) is 6.02. The Bertz CT molecular complexity index is 955. The van der Waals surface area contributed by atoms with Gasteiger partial charge < -0.3 is 5.32 Å². The fraction of sp³-hybridized carbons (Fsp3) is 0.400. The first kappa shape index (κ1) is 20.7. The van der Waals surface area contributed by atoms with Crippen molar-refractivity contribution in [1.29, 1.82) is 0 Å². The van der Waals surface area contributed by atoms with Crippen molar-refractivity contribution in [2.45, 2.75) is 56.6 Å². The van der Waals surface area contributed by atoms with Crippen molar-refractivity contribution in [3.63, 3.8) is 0 Å². The molecule has 8 heteroatoms. The standard InChI is InChI=1S/C20H25N3O3S2/c1-5-20(24)22-17-10-13(2)23(14(3)11-17)28(25,26)18-8-6-16(7-9-18)19-12-27-15(4)21-19/h5-9,12-14,17H,1,10-11H2,2-4H3,(H,22,24). The topological polar surface area (TPSA) is 79.4 Å². The molecular formula is C20H25N3O3S2. The average molecular weight is 420 g/mol. The molecule has 6 nitrogen and oxygen atoms in total. The summed E-state index contributed by atoms with van der Waals surface area (Å²) in [5.74, 6) is -0.228. The highest BCUT2D eigenvalue weighted by atomic mass is 32.2. The van der Waals surface area contributed by atoms with Crippen LogP contribution in [0, 0.1) is 6.92 Å². The lowest BCUT2D eigenvalue weighted by molar-refractivity contribution is -0.117. The SMILES string of the molecule is C=CC(=O)NC1CC(C)N(S(=O)(=O)c2ccc(-c3csc(C)n3)cc2)C(C)C1. The van der Waals surface area contributed by atoms with E-state index in [1.807, 2.05) is 26.2 Å². The number of nitrogens with zero attached hydrogens (tertiary/aromatic N) is 2. The van der Waals surface area contributed by atoms with Gasteiger partial charge in [0, 0.05) is 29.1 Å². The molecule has 1 N–H and O–H groups in total. The number of carbonyl (C=O) groups excluding carboxylic acids is 1. The molecule has 0 saturated carbocycles. The second kappa shape index (κ2) is 8.14. The molecular weight excluding hydrogens is 394 g/mol. The van der Waals surface area contributed by atoms with Crippen LogP contribution in [0.5, 0.6) is 0 Å². The molecule has 1 aromatic heterocycles. The van der Waals surface area contributed by atoms with Gasteiger partial charge in [0.1, 0.15) is 0 Å². The third-order valence-electron chi connectivity index (χ3n) is 5.00. The molecule has 3 rings (SSSR count). The van der Waals surface area contributed by atoms with Gasteiger partial charge in [0.2, 0.25) is 15.9 Å². The smallest absolute Gasteiger partial charge is 0.243 e. The van der Waals surface area contributed by atoms with Crippen LogP contribution in [0.25, 0.3) is 11.3 Å².